The molecule has 0 saturated carbocycles. The van der Waals surface area contributed by atoms with Crippen LogP contribution in [0, 0.1) is 0 Å². The van der Waals surface area contributed by atoms with Crippen LogP contribution < -0.4 is 0 Å². The van der Waals surface area contributed by atoms with Gasteiger partial charge in [-0.3, -0.25) is 9.98 Å². The van der Waals surface area contributed by atoms with Gasteiger partial charge in [0, 0.05) is 22.7 Å². The Morgan fingerprint density at radius 1 is 0.510 bits per heavy atom. The quantitative estimate of drug-likeness (QED) is 0.0309. The summed E-state index contributed by atoms with van der Waals surface area (Å²) in [5.74, 6) is 0. The third kappa shape index (κ3) is 24.8. The van der Waals surface area contributed by atoms with Crippen LogP contribution in [-0.2, 0) is 35.8 Å². The molecule has 0 spiro atoms. The zero-order chi connectivity index (χ0) is 35.7. The normalized spacial score (nSPS) is 12.0. The molecule has 51 heavy (non-hydrogen) atoms. The molecule has 0 amide bonds. The number of benzene rings is 2. The number of aliphatic imine (C=N–C) groups is 2. The summed E-state index contributed by atoms with van der Waals surface area (Å²) < 4.78 is 0. The maximum absolute atomic E-state index is 5.21. The SMILES string of the molecule is CCCCCCCCCCCCCCCCCC=CCCCc1ccccc1N=C(C=Nc1cc(CCCC)cc(CCCC)c1)CCCC.[Ni]. The van der Waals surface area contributed by atoms with Gasteiger partial charge in [0.25, 0.3) is 0 Å². The van der Waals surface area contributed by atoms with Crippen LogP contribution in [0.15, 0.2) is 64.6 Å². The molecule has 0 unspecified atom stereocenters. The molecule has 290 valence electrons. The Morgan fingerprint density at radius 3 is 1.55 bits per heavy atom. The first-order chi connectivity index (χ1) is 24.7. The number of para-hydroxylation sites is 1. The zero-order valence-electron chi connectivity index (χ0n) is 33.8. The molecule has 0 N–H and O–H groups in total. The number of hydrogen-bond donors (Lipinski definition) is 0. The molecule has 0 bridgehead atoms. The van der Waals surface area contributed by atoms with Crippen LogP contribution in [0.4, 0.5) is 11.4 Å². The van der Waals surface area contributed by atoms with Crippen LogP contribution in [0.1, 0.15) is 205 Å². The molecule has 3 heteroatoms. The summed E-state index contributed by atoms with van der Waals surface area (Å²) in [6, 6.07) is 15.7. The van der Waals surface area contributed by atoms with Gasteiger partial charge in [0.2, 0.25) is 0 Å². The van der Waals surface area contributed by atoms with Crippen molar-refractivity contribution in [3.8, 4) is 0 Å². The van der Waals surface area contributed by atoms with Gasteiger partial charge in [-0.1, -0.05) is 173 Å². The van der Waals surface area contributed by atoms with Gasteiger partial charge >= 0.3 is 0 Å². The van der Waals surface area contributed by atoms with Gasteiger partial charge in [-0.2, -0.15) is 0 Å². The number of hydrogen-bond acceptors (Lipinski definition) is 2. The molecule has 0 aliphatic rings. The molecule has 2 aromatic rings. The average Bonchev–Trinajstić information content (AvgIpc) is 3.13. The van der Waals surface area contributed by atoms with Crippen molar-refractivity contribution in [3.63, 3.8) is 0 Å². The van der Waals surface area contributed by atoms with Crippen molar-refractivity contribution in [1.29, 1.82) is 0 Å². The Bertz CT molecular complexity index is 1150. The van der Waals surface area contributed by atoms with E-state index in [1.54, 1.807) is 0 Å². The summed E-state index contributed by atoms with van der Waals surface area (Å²) in [6.45, 7) is 9.10. The van der Waals surface area contributed by atoms with Crippen molar-refractivity contribution in [1.82, 2.24) is 0 Å². The summed E-state index contributed by atoms with van der Waals surface area (Å²) >= 11 is 0. The molecule has 2 nitrogen and oxygen atoms in total. The van der Waals surface area contributed by atoms with E-state index < -0.39 is 0 Å². The molecule has 0 aliphatic carbocycles. The standard InChI is InChI=1S/C48H78N2.Ni/c1-5-9-13-14-15-16-17-18-19-20-21-22-23-24-25-26-27-28-29-30-35-45-36-31-32-38-48(45)50-46(37-12-8-4)42-49-47-40-43(33-10-6-2)39-44(41-47)34-11-7-3;/h27-28,31-32,36,38-42H,5-26,29-30,33-35,37H2,1-4H3;. The summed E-state index contributed by atoms with van der Waals surface area (Å²) in [4.78, 5) is 10.2. The molecule has 0 fully saturated rings. The first-order valence-corrected chi connectivity index (χ1v) is 21.7. The predicted molar refractivity (Wildman–Crippen MR) is 227 cm³/mol. The Morgan fingerprint density at radius 2 is 1.00 bits per heavy atom. The minimum atomic E-state index is 0. The number of rotatable bonds is 32. The molecule has 0 radical (unpaired) electrons. The summed E-state index contributed by atoms with van der Waals surface area (Å²) in [7, 11) is 0. The molecule has 2 rings (SSSR count). The number of aryl methyl sites for hydroxylation is 3. The smallest absolute Gasteiger partial charge is 0.0665 e. The number of nitrogens with zero attached hydrogens (tertiary/aromatic N) is 2. The van der Waals surface area contributed by atoms with Gasteiger partial charge in [0.1, 0.15) is 0 Å². The minimum Gasteiger partial charge on any atom is -0.255 e. The second kappa shape index (κ2) is 33.8. The predicted octanol–water partition coefficient (Wildman–Crippen LogP) is 16.2. The van der Waals surface area contributed by atoms with Crippen LogP contribution >= 0.6 is 0 Å². The topological polar surface area (TPSA) is 24.7 Å². The van der Waals surface area contributed by atoms with E-state index in [-0.39, 0.29) is 16.5 Å². The molecule has 0 aromatic heterocycles. The van der Waals surface area contributed by atoms with Crippen LogP contribution in [0.5, 0.6) is 0 Å². The molecule has 2 aromatic carbocycles. The largest absolute Gasteiger partial charge is 0.255 e. The van der Waals surface area contributed by atoms with E-state index in [0.29, 0.717) is 0 Å². The van der Waals surface area contributed by atoms with E-state index in [2.05, 4.69) is 88.5 Å². The monoisotopic (exact) mass is 741 g/mol. The fraction of sp³-hybridized carbons (Fsp3) is 0.667. The van der Waals surface area contributed by atoms with Crippen molar-refractivity contribution in [2.45, 2.75) is 207 Å². The van der Waals surface area contributed by atoms with Gasteiger partial charge < -0.3 is 0 Å². The van der Waals surface area contributed by atoms with E-state index in [1.165, 1.54) is 152 Å². The van der Waals surface area contributed by atoms with Crippen LogP contribution in [-0.4, -0.2) is 11.9 Å². The van der Waals surface area contributed by atoms with E-state index in [4.69, 9.17) is 9.98 Å². The van der Waals surface area contributed by atoms with Crippen LogP contribution in [0.25, 0.3) is 0 Å². The maximum Gasteiger partial charge on any atom is 0.0665 e. The van der Waals surface area contributed by atoms with Gasteiger partial charge in [0.05, 0.1) is 17.1 Å². The number of allylic oxidation sites excluding steroid dienone is 2. The van der Waals surface area contributed by atoms with Gasteiger partial charge in [-0.05, 0) is 106 Å². The Kier molecular flexibility index (Phi) is 31.2. The number of unbranched alkanes of at least 4 members (excludes halogenated alkanes) is 19. The molecule has 0 atom stereocenters. The Balaban J connectivity index is 0.0000130. The molecule has 0 saturated heterocycles. The van der Waals surface area contributed by atoms with Crippen molar-refractivity contribution in [2.75, 3.05) is 0 Å². The fourth-order valence-electron chi connectivity index (χ4n) is 6.79. The van der Waals surface area contributed by atoms with Crippen molar-refractivity contribution in [2.24, 2.45) is 9.98 Å². The fourth-order valence-corrected chi connectivity index (χ4v) is 6.79. The summed E-state index contributed by atoms with van der Waals surface area (Å²) in [5, 5.41) is 0. The zero-order valence-corrected chi connectivity index (χ0v) is 34.8. The third-order valence-electron chi connectivity index (χ3n) is 10.0. The van der Waals surface area contributed by atoms with Crippen molar-refractivity contribution >= 4 is 23.3 Å². The van der Waals surface area contributed by atoms with E-state index >= 15 is 0 Å². The second-order valence-electron chi connectivity index (χ2n) is 14.9. The first kappa shape index (κ1) is 47.0. The first-order valence-electron chi connectivity index (χ1n) is 21.7. The van der Waals surface area contributed by atoms with Gasteiger partial charge in [-0.25, -0.2) is 0 Å². The molecule has 0 aliphatic heterocycles. The third-order valence-corrected chi connectivity index (χ3v) is 10.0. The van der Waals surface area contributed by atoms with Crippen molar-refractivity contribution in [3.05, 3.63) is 71.3 Å². The van der Waals surface area contributed by atoms with E-state index in [1.807, 2.05) is 0 Å². The molecular formula is C48H78N2Ni. The average molecular weight is 742 g/mol. The molecular weight excluding hydrogens is 663 g/mol. The van der Waals surface area contributed by atoms with Crippen molar-refractivity contribution < 1.29 is 16.5 Å². The van der Waals surface area contributed by atoms with Crippen LogP contribution in [0.3, 0.4) is 0 Å². The van der Waals surface area contributed by atoms with Crippen LogP contribution in [0.2, 0.25) is 0 Å². The van der Waals surface area contributed by atoms with Gasteiger partial charge in [0.15, 0.2) is 0 Å². The Hall–Kier alpha value is -1.99. The second-order valence-corrected chi connectivity index (χ2v) is 14.9. The maximum atomic E-state index is 5.21. The minimum absolute atomic E-state index is 0. The summed E-state index contributed by atoms with van der Waals surface area (Å²) in [5.41, 5.74) is 7.50. The summed E-state index contributed by atoms with van der Waals surface area (Å²) in [6.07, 6.45) is 43.4. The molecule has 0 heterocycles. The van der Waals surface area contributed by atoms with E-state index in [9.17, 15) is 0 Å². The van der Waals surface area contributed by atoms with Gasteiger partial charge in [-0.15, -0.1) is 0 Å². The van der Waals surface area contributed by atoms with E-state index in [0.717, 1.165) is 62.0 Å². The Labute approximate surface area is 327 Å².